The Labute approximate surface area is 170 Å². The van der Waals surface area contributed by atoms with E-state index in [9.17, 15) is 14.4 Å². The van der Waals surface area contributed by atoms with E-state index in [4.69, 9.17) is 16.7 Å². The van der Waals surface area contributed by atoms with Gasteiger partial charge in [0.25, 0.3) is 0 Å². The van der Waals surface area contributed by atoms with E-state index in [0.717, 1.165) is 31.4 Å². The molecule has 6 nitrogen and oxygen atoms in total. The van der Waals surface area contributed by atoms with Crippen molar-refractivity contribution >= 4 is 35.1 Å². The van der Waals surface area contributed by atoms with Gasteiger partial charge in [-0.25, -0.2) is 0 Å². The number of likely N-dealkylation sites (tertiary alicyclic amines) is 1. The minimum Gasteiger partial charge on any atom is -0.481 e. The van der Waals surface area contributed by atoms with Crippen LogP contribution in [-0.2, 0) is 20.8 Å². The molecule has 1 aliphatic heterocycles. The summed E-state index contributed by atoms with van der Waals surface area (Å²) >= 11 is 6.38. The first-order chi connectivity index (χ1) is 13.4. The van der Waals surface area contributed by atoms with Gasteiger partial charge in [-0.1, -0.05) is 36.9 Å². The second-order valence-corrected chi connectivity index (χ2v) is 8.17. The number of amides is 2. The number of halogens is 1. The van der Waals surface area contributed by atoms with E-state index < -0.39 is 5.97 Å². The van der Waals surface area contributed by atoms with Crippen molar-refractivity contribution in [1.82, 2.24) is 4.90 Å². The molecule has 2 N–H and O–H groups in total. The largest absolute Gasteiger partial charge is 0.481 e. The first-order valence-corrected chi connectivity index (χ1v) is 10.4. The van der Waals surface area contributed by atoms with Crippen LogP contribution in [0.4, 0.5) is 5.69 Å². The molecule has 3 rings (SSSR count). The van der Waals surface area contributed by atoms with Gasteiger partial charge in [0.15, 0.2) is 0 Å². The number of nitrogens with zero attached hydrogens (tertiary/aromatic N) is 1. The van der Waals surface area contributed by atoms with Gasteiger partial charge in [-0.3, -0.25) is 14.4 Å². The second kappa shape index (κ2) is 9.41. The van der Waals surface area contributed by atoms with E-state index in [1.54, 1.807) is 12.1 Å². The minimum atomic E-state index is -1.01. The third-order valence-corrected chi connectivity index (χ3v) is 6.09. The standard InChI is InChI=1S/C21H27ClN2O4/c22-18-13-16(23-19(25)8-9-20(26)27)7-6-14(18)12-15-10-11-24(21(15)28)17-4-2-1-3-5-17/h6-7,13,15,17H,1-5,8-12H2,(H,23,25)(H,26,27). The molecule has 152 valence electrons. The minimum absolute atomic E-state index is 0.0320. The van der Waals surface area contributed by atoms with Crippen molar-refractivity contribution in [3.05, 3.63) is 28.8 Å². The van der Waals surface area contributed by atoms with Crippen LogP contribution in [0.15, 0.2) is 18.2 Å². The third-order valence-electron chi connectivity index (χ3n) is 5.74. The monoisotopic (exact) mass is 406 g/mol. The fourth-order valence-corrected chi connectivity index (χ4v) is 4.47. The number of aliphatic carboxylic acids is 1. The molecule has 1 saturated carbocycles. The zero-order valence-electron chi connectivity index (χ0n) is 16.0. The highest BCUT2D eigenvalue weighted by Crippen LogP contribution is 2.32. The quantitative estimate of drug-likeness (QED) is 0.719. The van der Waals surface area contributed by atoms with Gasteiger partial charge in [-0.15, -0.1) is 0 Å². The van der Waals surface area contributed by atoms with Crippen LogP contribution in [0, 0.1) is 5.92 Å². The summed E-state index contributed by atoms with van der Waals surface area (Å²) < 4.78 is 0. The molecule has 2 fully saturated rings. The van der Waals surface area contributed by atoms with Crippen molar-refractivity contribution in [3.8, 4) is 0 Å². The summed E-state index contributed by atoms with van der Waals surface area (Å²) in [7, 11) is 0. The average molecular weight is 407 g/mol. The van der Waals surface area contributed by atoms with E-state index in [0.29, 0.717) is 23.2 Å². The van der Waals surface area contributed by atoms with Gasteiger partial charge < -0.3 is 15.3 Å². The maximum atomic E-state index is 12.8. The van der Waals surface area contributed by atoms with Crippen molar-refractivity contribution in [3.63, 3.8) is 0 Å². The van der Waals surface area contributed by atoms with Gasteiger partial charge in [0.2, 0.25) is 11.8 Å². The highest BCUT2D eigenvalue weighted by Gasteiger charge is 2.36. The second-order valence-electron chi connectivity index (χ2n) is 7.76. The molecule has 7 heteroatoms. The van der Waals surface area contributed by atoms with Crippen LogP contribution in [0.5, 0.6) is 0 Å². The molecule has 2 aliphatic rings. The molecule has 1 aliphatic carbocycles. The van der Waals surface area contributed by atoms with Crippen LogP contribution in [0.3, 0.4) is 0 Å². The van der Waals surface area contributed by atoms with E-state index in [2.05, 4.69) is 10.2 Å². The van der Waals surface area contributed by atoms with E-state index in [-0.39, 0.29) is 30.6 Å². The van der Waals surface area contributed by atoms with E-state index in [1.807, 2.05) is 6.07 Å². The lowest BCUT2D eigenvalue weighted by molar-refractivity contribution is -0.138. The highest BCUT2D eigenvalue weighted by atomic mass is 35.5. The topological polar surface area (TPSA) is 86.7 Å². The van der Waals surface area contributed by atoms with Gasteiger partial charge in [-0.05, 0) is 43.4 Å². The number of carbonyl (C=O) groups excluding carboxylic acids is 2. The summed E-state index contributed by atoms with van der Waals surface area (Å²) in [5.41, 5.74) is 1.43. The number of rotatable bonds is 7. The van der Waals surface area contributed by atoms with Crippen LogP contribution in [0.2, 0.25) is 5.02 Å². The summed E-state index contributed by atoms with van der Waals surface area (Å²) in [5.74, 6) is -1.16. The Balaban J connectivity index is 1.56. The zero-order valence-corrected chi connectivity index (χ0v) is 16.7. The molecule has 1 heterocycles. The molecule has 0 radical (unpaired) electrons. The molecule has 0 bridgehead atoms. The Morgan fingerprint density at radius 1 is 1.14 bits per heavy atom. The lowest BCUT2D eigenvalue weighted by Gasteiger charge is -2.31. The molecule has 1 saturated heterocycles. The fourth-order valence-electron chi connectivity index (χ4n) is 4.21. The zero-order chi connectivity index (χ0) is 20.1. The van der Waals surface area contributed by atoms with Crippen LogP contribution in [0.1, 0.15) is 56.9 Å². The molecule has 28 heavy (non-hydrogen) atoms. The Bertz CT molecular complexity index is 746. The molecular formula is C21H27ClN2O4. The maximum Gasteiger partial charge on any atom is 0.303 e. The van der Waals surface area contributed by atoms with Crippen molar-refractivity contribution < 1.29 is 19.5 Å². The average Bonchev–Trinajstić information content (AvgIpc) is 3.03. The van der Waals surface area contributed by atoms with E-state index in [1.165, 1.54) is 19.3 Å². The molecule has 1 unspecified atom stereocenters. The van der Waals surface area contributed by atoms with Crippen LogP contribution in [0.25, 0.3) is 0 Å². The maximum absolute atomic E-state index is 12.8. The Morgan fingerprint density at radius 3 is 2.57 bits per heavy atom. The van der Waals surface area contributed by atoms with Gasteiger partial charge in [0, 0.05) is 35.6 Å². The summed E-state index contributed by atoms with van der Waals surface area (Å²) in [6, 6.07) is 5.66. The number of hydrogen-bond donors (Lipinski definition) is 2. The third kappa shape index (κ3) is 5.25. The van der Waals surface area contributed by atoms with Crippen molar-refractivity contribution in [2.45, 2.75) is 63.8 Å². The number of carbonyl (C=O) groups is 3. The number of carboxylic acids is 1. The normalized spacial score (nSPS) is 20.4. The number of carboxylic acid groups (broad SMARTS) is 1. The summed E-state index contributed by atoms with van der Waals surface area (Å²) in [6.45, 7) is 0.837. The predicted molar refractivity (Wildman–Crippen MR) is 107 cm³/mol. The molecule has 1 aromatic rings. The lowest BCUT2D eigenvalue weighted by Crippen LogP contribution is -2.39. The summed E-state index contributed by atoms with van der Waals surface area (Å²) in [5, 5.41) is 11.8. The molecule has 0 spiro atoms. The first kappa shape index (κ1) is 20.6. The van der Waals surface area contributed by atoms with Crippen molar-refractivity contribution in [1.29, 1.82) is 0 Å². The van der Waals surface area contributed by atoms with Crippen LogP contribution in [-0.4, -0.2) is 40.4 Å². The SMILES string of the molecule is O=C(O)CCC(=O)Nc1ccc(CC2CCN(C3CCCCC3)C2=O)c(Cl)c1. The van der Waals surface area contributed by atoms with Gasteiger partial charge in [-0.2, -0.15) is 0 Å². The fraction of sp³-hybridized carbons (Fsp3) is 0.571. The molecular weight excluding hydrogens is 380 g/mol. The Morgan fingerprint density at radius 2 is 1.89 bits per heavy atom. The summed E-state index contributed by atoms with van der Waals surface area (Å²) in [4.78, 5) is 37.2. The van der Waals surface area contributed by atoms with Crippen molar-refractivity contribution in [2.24, 2.45) is 5.92 Å². The number of anilines is 1. The molecule has 0 aromatic heterocycles. The number of benzene rings is 1. The van der Waals surface area contributed by atoms with E-state index >= 15 is 0 Å². The smallest absolute Gasteiger partial charge is 0.303 e. The number of nitrogens with one attached hydrogen (secondary N) is 1. The number of hydrogen-bond acceptors (Lipinski definition) is 3. The van der Waals surface area contributed by atoms with Crippen LogP contribution >= 0.6 is 11.6 Å². The molecule has 2 amide bonds. The Kier molecular flexibility index (Phi) is 6.94. The Hall–Kier alpha value is -2.08. The lowest BCUT2D eigenvalue weighted by atomic mass is 9.94. The van der Waals surface area contributed by atoms with Gasteiger partial charge in [0.1, 0.15) is 0 Å². The predicted octanol–water partition coefficient (Wildman–Crippen LogP) is 3.87. The highest BCUT2D eigenvalue weighted by molar-refractivity contribution is 6.31. The van der Waals surface area contributed by atoms with Gasteiger partial charge >= 0.3 is 5.97 Å². The van der Waals surface area contributed by atoms with Crippen molar-refractivity contribution in [2.75, 3.05) is 11.9 Å². The molecule has 1 atom stereocenters. The van der Waals surface area contributed by atoms with Crippen LogP contribution < -0.4 is 5.32 Å². The molecule has 1 aromatic carbocycles. The van der Waals surface area contributed by atoms with Gasteiger partial charge in [0.05, 0.1) is 6.42 Å². The summed E-state index contributed by atoms with van der Waals surface area (Å²) in [6.07, 6.45) is 7.12. The first-order valence-electron chi connectivity index (χ1n) is 10.0.